The summed E-state index contributed by atoms with van der Waals surface area (Å²) in [6.07, 6.45) is 3.17. The van der Waals surface area contributed by atoms with Crippen molar-refractivity contribution in [3.63, 3.8) is 0 Å². The van der Waals surface area contributed by atoms with Crippen molar-refractivity contribution >= 4 is 25.8 Å². The molecule has 120 valence electrons. The van der Waals surface area contributed by atoms with Crippen molar-refractivity contribution in [1.82, 2.24) is 0 Å². The van der Waals surface area contributed by atoms with E-state index in [1.54, 1.807) is 0 Å². The molecule has 0 fully saturated rings. The van der Waals surface area contributed by atoms with E-state index in [-0.39, 0.29) is 43.0 Å². The topological polar surface area (TPSA) is 120 Å². The summed E-state index contributed by atoms with van der Waals surface area (Å²) in [7, 11) is 0. The molecule has 0 aromatic heterocycles. The summed E-state index contributed by atoms with van der Waals surface area (Å²) in [6, 6.07) is 0. The first-order valence-electron chi connectivity index (χ1n) is 5.96. The number of carbonyl (C=O) groups is 3. The van der Waals surface area contributed by atoms with Crippen LogP contribution in [0.15, 0.2) is 35.5 Å². The Labute approximate surface area is 133 Å². The van der Waals surface area contributed by atoms with Crippen LogP contribution in [0.1, 0.15) is 41.5 Å². The van der Waals surface area contributed by atoms with Gasteiger partial charge < -0.3 is 15.3 Å². The largest absolute Gasteiger partial charge is 3.00 e. The van der Waals surface area contributed by atoms with E-state index in [1.807, 2.05) is 0 Å². The summed E-state index contributed by atoms with van der Waals surface area (Å²) in [5, 5.41) is 29.9. The minimum absolute atomic E-state index is 0. The number of hydrogen-bond donors (Lipinski definition) is 0. The molecule has 0 aliphatic rings. The maximum atomic E-state index is 9.98. The molecule has 0 aromatic carbocycles. The van der Waals surface area contributed by atoms with Crippen LogP contribution in [0.25, 0.3) is 0 Å². The van der Waals surface area contributed by atoms with Gasteiger partial charge in [-0.05, 0) is 39.0 Å². The van der Waals surface area contributed by atoms with Crippen LogP contribution in [0, 0.1) is 0 Å². The zero-order valence-corrected chi connectivity index (χ0v) is 13.8. The van der Waals surface area contributed by atoms with E-state index >= 15 is 0 Å². The molecule has 22 heavy (non-hydrogen) atoms. The Balaban J connectivity index is -0.000000108. The van der Waals surface area contributed by atoms with Gasteiger partial charge in [0.1, 0.15) is 0 Å². The van der Waals surface area contributed by atoms with Crippen molar-refractivity contribution in [2.24, 2.45) is 0 Å². The third-order valence-corrected chi connectivity index (χ3v) is 1.22. The van der Waals surface area contributed by atoms with Gasteiger partial charge in [0.05, 0.1) is 0 Å². The molecular weight excluding hydrogens is 287 g/mol. The Morgan fingerprint density at radius 3 is 0.682 bits per heavy atom. The van der Waals surface area contributed by atoms with E-state index in [0.717, 1.165) is 18.2 Å². The van der Waals surface area contributed by atoms with Crippen molar-refractivity contribution in [3.8, 4) is 0 Å². The quantitative estimate of drug-likeness (QED) is 0.380. The first kappa shape index (κ1) is 27.9. The average Bonchev–Trinajstić information content (AvgIpc) is 2.10. The standard InChI is InChI=1S/3C5H8O2.B/c3*1-4(6)3-5(2)7;/h3*3,6H,1-2H3;/q;;;+3/p-3/b3*4-3-;. The first-order chi connectivity index (χ1) is 9.38. The second kappa shape index (κ2) is 16.7. The van der Waals surface area contributed by atoms with Crippen LogP contribution in [0.3, 0.4) is 0 Å². The number of allylic oxidation sites excluding steroid dienone is 6. The molecule has 0 radical (unpaired) electrons. The number of carbonyl (C=O) groups excluding carboxylic acids is 3. The first-order valence-corrected chi connectivity index (χ1v) is 5.96. The molecule has 0 amide bonds. The fourth-order valence-corrected chi connectivity index (χ4v) is 0.859. The molecule has 0 saturated carbocycles. The summed E-state index contributed by atoms with van der Waals surface area (Å²) in [4.78, 5) is 29.9. The van der Waals surface area contributed by atoms with Crippen LogP contribution >= 0.6 is 0 Å². The minimum atomic E-state index is -0.187. The third-order valence-electron chi connectivity index (χ3n) is 1.22. The molecule has 0 unspecified atom stereocenters. The van der Waals surface area contributed by atoms with Crippen molar-refractivity contribution in [3.05, 3.63) is 35.5 Å². The minimum Gasteiger partial charge on any atom is -0.876 e. The Morgan fingerprint density at radius 2 is 0.682 bits per heavy atom. The van der Waals surface area contributed by atoms with Gasteiger partial charge in [0.15, 0.2) is 17.3 Å². The van der Waals surface area contributed by atoms with Crippen molar-refractivity contribution in [2.75, 3.05) is 0 Å². The van der Waals surface area contributed by atoms with Gasteiger partial charge in [-0.15, -0.1) is 17.3 Å². The van der Waals surface area contributed by atoms with Crippen LogP contribution in [0.4, 0.5) is 0 Å². The maximum Gasteiger partial charge on any atom is 3.00 e. The van der Waals surface area contributed by atoms with Crippen LogP contribution in [0.2, 0.25) is 0 Å². The number of hydrogen-bond acceptors (Lipinski definition) is 6. The molecule has 0 rings (SSSR count). The monoisotopic (exact) mass is 308 g/mol. The Hall–Kier alpha value is -2.31. The van der Waals surface area contributed by atoms with Crippen molar-refractivity contribution in [2.45, 2.75) is 41.5 Å². The molecule has 6 nitrogen and oxygen atoms in total. The molecule has 0 aliphatic heterocycles. The van der Waals surface area contributed by atoms with Gasteiger partial charge >= 0.3 is 8.41 Å². The van der Waals surface area contributed by atoms with E-state index < -0.39 is 0 Å². The molecular formula is C15H21BO6. The van der Waals surface area contributed by atoms with E-state index in [0.29, 0.717) is 0 Å². The summed E-state index contributed by atoms with van der Waals surface area (Å²) in [5.74, 6) is -1.12. The molecule has 0 saturated heterocycles. The van der Waals surface area contributed by atoms with Gasteiger partial charge in [0.25, 0.3) is 0 Å². The Bertz CT molecular complexity index is 368. The molecule has 0 aliphatic carbocycles. The predicted octanol–water partition coefficient (Wildman–Crippen LogP) is -0.862. The van der Waals surface area contributed by atoms with Gasteiger partial charge in [-0.25, -0.2) is 0 Å². The van der Waals surface area contributed by atoms with E-state index in [2.05, 4.69) is 0 Å². The van der Waals surface area contributed by atoms with Crippen molar-refractivity contribution < 1.29 is 29.7 Å². The summed E-state index contributed by atoms with van der Waals surface area (Å²) in [5.41, 5.74) is 0. The third kappa shape index (κ3) is 52.5. The average molecular weight is 308 g/mol. The summed E-state index contributed by atoms with van der Waals surface area (Å²) >= 11 is 0. The van der Waals surface area contributed by atoms with Crippen LogP contribution in [-0.2, 0) is 14.4 Å². The fraction of sp³-hybridized carbons (Fsp3) is 0.400. The van der Waals surface area contributed by atoms with Gasteiger partial charge in [-0.3, -0.25) is 14.4 Å². The zero-order chi connectivity index (χ0) is 17.6. The fourth-order valence-electron chi connectivity index (χ4n) is 0.859. The van der Waals surface area contributed by atoms with Crippen molar-refractivity contribution in [1.29, 1.82) is 0 Å². The molecule has 0 heterocycles. The van der Waals surface area contributed by atoms with Gasteiger partial charge in [0, 0.05) is 0 Å². The second-order valence-corrected chi connectivity index (χ2v) is 4.10. The molecule has 0 N–H and O–H groups in total. The summed E-state index contributed by atoms with van der Waals surface area (Å²) < 4.78 is 0. The molecule has 7 heteroatoms. The number of ketones is 3. The van der Waals surface area contributed by atoms with Gasteiger partial charge in [0.2, 0.25) is 0 Å². The predicted molar refractivity (Wildman–Crippen MR) is 79.1 cm³/mol. The SMILES string of the molecule is CC(=O)/C=C(/C)[O-].CC(=O)/C=C(/C)[O-].CC(=O)/C=C(/C)[O-].[B+3]. The Morgan fingerprint density at radius 1 is 0.545 bits per heavy atom. The van der Waals surface area contributed by atoms with E-state index in [4.69, 9.17) is 0 Å². The van der Waals surface area contributed by atoms with Crippen LogP contribution in [-0.4, -0.2) is 25.8 Å². The maximum absolute atomic E-state index is 9.98. The van der Waals surface area contributed by atoms with E-state index in [1.165, 1.54) is 41.5 Å². The molecule has 0 aromatic rings. The normalized spacial score (nSPS) is 10.9. The Kier molecular flexibility index (Phi) is 21.3. The molecule has 0 spiro atoms. The van der Waals surface area contributed by atoms with Crippen LogP contribution in [0.5, 0.6) is 0 Å². The molecule has 0 bridgehead atoms. The zero-order valence-electron chi connectivity index (χ0n) is 13.8. The smallest absolute Gasteiger partial charge is 0.876 e. The summed E-state index contributed by atoms with van der Waals surface area (Å²) in [6.45, 7) is 8.09. The molecule has 0 atom stereocenters. The van der Waals surface area contributed by atoms with Gasteiger partial charge in [-0.2, -0.15) is 0 Å². The van der Waals surface area contributed by atoms with Crippen LogP contribution < -0.4 is 15.3 Å². The van der Waals surface area contributed by atoms with Gasteiger partial charge in [-0.1, -0.05) is 20.8 Å². The van der Waals surface area contributed by atoms with E-state index in [9.17, 15) is 29.7 Å². The second-order valence-electron chi connectivity index (χ2n) is 4.10. The number of rotatable bonds is 3.